The molecule has 0 saturated carbocycles. The van der Waals surface area contributed by atoms with Crippen molar-refractivity contribution < 1.29 is 9.32 Å². The second kappa shape index (κ2) is 5.50. The zero-order chi connectivity index (χ0) is 11.3. The van der Waals surface area contributed by atoms with Crippen LogP contribution in [0.25, 0.3) is 0 Å². The Morgan fingerprint density at radius 2 is 2.40 bits per heavy atom. The fourth-order valence-electron chi connectivity index (χ4n) is 1.25. The number of carbonyl (C=O) groups is 1. The van der Waals surface area contributed by atoms with Crippen LogP contribution in [-0.2, 0) is 11.3 Å². The van der Waals surface area contributed by atoms with Gasteiger partial charge in [-0.25, -0.2) is 0 Å². The van der Waals surface area contributed by atoms with Crippen LogP contribution in [-0.4, -0.2) is 17.1 Å². The van der Waals surface area contributed by atoms with Crippen LogP contribution in [0.15, 0.2) is 16.9 Å². The molecule has 0 spiro atoms. The number of nitrogens with zero attached hydrogens (tertiary/aromatic N) is 1. The molecule has 0 bridgehead atoms. The Morgan fingerprint density at radius 3 is 2.93 bits per heavy atom. The van der Waals surface area contributed by atoms with Crippen molar-refractivity contribution in [2.24, 2.45) is 11.7 Å². The van der Waals surface area contributed by atoms with Gasteiger partial charge in [0.05, 0.1) is 12.6 Å². The maximum absolute atomic E-state index is 11.5. The first-order valence-electron chi connectivity index (χ1n) is 5.02. The maximum atomic E-state index is 11.5. The molecule has 5 heteroatoms. The second-order valence-electron chi connectivity index (χ2n) is 3.94. The van der Waals surface area contributed by atoms with Gasteiger partial charge in [0, 0.05) is 6.07 Å². The highest BCUT2D eigenvalue weighted by atomic mass is 16.5. The number of amides is 1. The van der Waals surface area contributed by atoms with E-state index in [0.29, 0.717) is 24.6 Å². The standard InChI is InChI=1S/C10H17N3O2/c1-7(2)5-9(11)10(14)12-6-8-3-4-15-13-8/h3-4,7,9H,5-6,11H2,1-2H3,(H,12,14)/t9-/m1/s1. The molecule has 0 aliphatic heterocycles. The smallest absolute Gasteiger partial charge is 0.237 e. The molecular formula is C10H17N3O2. The molecule has 1 aromatic rings. The molecule has 1 amide bonds. The zero-order valence-corrected chi connectivity index (χ0v) is 9.06. The molecule has 0 fully saturated rings. The fourth-order valence-corrected chi connectivity index (χ4v) is 1.25. The van der Waals surface area contributed by atoms with Gasteiger partial charge in [0.15, 0.2) is 0 Å². The molecule has 84 valence electrons. The minimum atomic E-state index is -0.447. The number of rotatable bonds is 5. The van der Waals surface area contributed by atoms with Crippen LogP contribution in [0.5, 0.6) is 0 Å². The molecule has 0 saturated heterocycles. The van der Waals surface area contributed by atoms with E-state index in [1.165, 1.54) is 6.26 Å². The summed E-state index contributed by atoms with van der Waals surface area (Å²) in [5.41, 5.74) is 6.40. The summed E-state index contributed by atoms with van der Waals surface area (Å²) in [4.78, 5) is 11.5. The third-order valence-electron chi connectivity index (χ3n) is 2.00. The van der Waals surface area contributed by atoms with Crippen LogP contribution in [0, 0.1) is 5.92 Å². The van der Waals surface area contributed by atoms with E-state index in [0.717, 1.165) is 0 Å². The summed E-state index contributed by atoms with van der Waals surface area (Å²) in [6.45, 7) is 4.43. The summed E-state index contributed by atoms with van der Waals surface area (Å²) in [6, 6.07) is 1.26. The minimum Gasteiger partial charge on any atom is -0.364 e. The van der Waals surface area contributed by atoms with Crippen molar-refractivity contribution >= 4 is 5.91 Å². The number of carbonyl (C=O) groups excluding carboxylic acids is 1. The lowest BCUT2D eigenvalue weighted by atomic mass is 10.0. The number of aromatic nitrogens is 1. The summed E-state index contributed by atoms with van der Waals surface area (Å²) in [6.07, 6.45) is 2.15. The van der Waals surface area contributed by atoms with Crippen LogP contribution < -0.4 is 11.1 Å². The highest BCUT2D eigenvalue weighted by Crippen LogP contribution is 2.02. The molecule has 0 aliphatic rings. The van der Waals surface area contributed by atoms with Gasteiger partial charge in [-0.2, -0.15) is 0 Å². The van der Waals surface area contributed by atoms with E-state index in [-0.39, 0.29) is 5.91 Å². The topological polar surface area (TPSA) is 81.2 Å². The lowest BCUT2D eigenvalue weighted by Crippen LogP contribution is -2.41. The Labute approximate surface area is 89.0 Å². The normalized spacial score (nSPS) is 12.8. The Kier molecular flexibility index (Phi) is 4.30. The molecule has 1 rings (SSSR count). The summed E-state index contributed by atoms with van der Waals surface area (Å²) < 4.78 is 4.64. The molecule has 3 N–H and O–H groups in total. The van der Waals surface area contributed by atoms with Crippen molar-refractivity contribution in [1.82, 2.24) is 10.5 Å². The largest absolute Gasteiger partial charge is 0.364 e. The number of nitrogens with one attached hydrogen (secondary N) is 1. The van der Waals surface area contributed by atoms with E-state index in [1.54, 1.807) is 6.07 Å². The van der Waals surface area contributed by atoms with Crippen LogP contribution in [0.4, 0.5) is 0 Å². The Hall–Kier alpha value is -1.36. The zero-order valence-electron chi connectivity index (χ0n) is 9.06. The van der Waals surface area contributed by atoms with E-state index in [2.05, 4.69) is 15.0 Å². The van der Waals surface area contributed by atoms with E-state index < -0.39 is 6.04 Å². The van der Waals surface area contributed by atoms with Crippen molar-refractivity contribution in [3.63, 3.8) is 0 Å². The first kappa shape index (κ1) is 11.7. The molecule has 0 aromatic carbocycles. The van der Waals surface area contributed by atoms with E-state index in [1.807, 2.05) is 13.8 Å². The van der Waals surface area contributed by atoms with Crippen LogP contribution in [0.2, 0.25) is 0 Å². The summed E-state index contributed by atoms with van der Waals surface area (Å²) in [7, 11) is 0. The second-order valence-corrected chi connectivity index (χ2v) is 3.94. The van der Waals surface area contributed by atoms with Gasteiger partial charge in [-0.3, -0.25) is 4.79 Å². The van der Waals surface area contributed by atoms with E-state index in [4.69, 9.17) is 5.73 Å². The molecule has 0 radical (unpaired) electrons. The quantitative estimate of drug-likeness (QED) is 0.749. The Balaban J connectivity index is 2.29. The van der Waals surface area contributed by atoms with Gasteiger partial charge >= 0.3 is 0 Å². The molecule has 0 aliphatic carbocycles. The number of hydrogen-bond acceptors (Lipinski definition) is 4. The van der Waals surface area contributed by atoms with Gasteiger partial charge in [0.25, 0.3) is 0 Å². The third-order valence-corrected chi connectivity index (χ3v) is 2.00. The third kappa shape index (κ3) is 4.12. The van der Waals surface area contributed by atoms with Gasteiger partial charge in [-0.05, 0) is 12.3 Å². The van der Waals surface area contributed by atoms with Gasteiger partial charge in [-0.1, -0.05) is 19.0 Å². The Bertz CT molecular complexity index is 296. The lowest BCUT2D eigenvalue weighted by molar-refractivity contribution is -0.122. The molecule has 1 heterocycles. The monoisotopic (exact) mass is 211 g/mol. The number of hydrogen-bond donors (Lipinski definition) is 2. The van der Waals surface area contributed by atoms with Crippen molar-refractivity contribution in [1.29, 1.82) is 0 Å². The number of nitrogens with two attached hydrogens (primary N) is 1. The first-order chi connectivity index (χ1) is 7.09. The predicted octanol–water partition coefficient (Wildman–Crippen LogP) is 0.664. The van der Waals surface area contributed by atoms with Crippen LogP contribution >= 0.6 is 0 Å². The fraction of sp³-hybridized carbons (Fsp3) is 0.600. The molecular weight excluding hydrogens is 194 g/mol. The SMILES string of the molecule is CC(C)C[C@@H](N)C(=O)NCc1ccon1. The van der Waals surface area contributed by atoms with Crippen molar-refractivity contribution in [2.75, 3.05) is 0 Å². The lowest BCUT2D eigenvalue weighted by Gasteiger charge is -2.13. The van der Waals surface area contributed by atoms with Crippen molar-refractivity contribution in [2.45, 2.75) is 32.9 Å². The average Bonchev–Trinajstić information content (AvgIpc) is 2.65. The average molecular weight is 211 g/mol. The van der Waals surface area contributed by atoms with Crippen molar-refractivity contribution in [3.05, 3.63) is 18.0 Å². The minimum absolute atomic E-state index is 0.147. The molecule has 1 atom stereocenters. The molecule has 5 nitrogen and oxygen atoms in total. The maximum Gasteiger partial charge on any atom is 0.237 e. The predicted molar refractivity (Wildman–Crippen MR) is 55.8 cm³/mol. The van der Waals surface area contributed by atoms with Gasteiger partial charge in [-0.15, -0.1) is 0 Å². The van der Waals surface area contributed by atoms with E-state index in [9.17, 15) is 4.79 Å². The van der Waals surface area contributed by atoms with Crippen molar-refractivity contribution in [3.8, 4) is 0 Å². The van der Waals surface area contributed by atoms with Gasteiger partial charge in [0.1, 0.15) is 12.0 Å². The van der Waals surface area contributed by atoms with Crippen LogP contribution in [0.1, 0.15) is 26.0 Å². The molecule has 0 unspecified atom stereocenters. The summed E-state index contributed by atoms with van der Waals surface area (Å²) >= 11 is 0. The van der Waals surface area contributed by atoms with Crippen LogP contribution in [0.3, 0.4) is 0 Å². The van der Waals surface area contributed by atoms with Gasteiger partial charge in [0.2, 0.25) is 5.91 Å². The highest BCUT2D eigenvalue weighted by molar-refractivity contribution is 5.81. The van der Waals surface area contributed by atoms with Gasteiger partial charge < -0.3 is 15.6 Å². The summed E-state index contributed by atoms with van der Waals surface area (Å²) in [5, 5.41) is 6.38. The Morgan fingerprint density at radius 1 is 1.67 bits per heavy atom. The van der Waals surface area contributed by atoms with E-state index >= 15 is 0 Å². The first-order valence-corrected chi connectivity index (χ1v) is 5.02. The highest BCUT2D eigenvalue weighted by Gasteiger charge is 2.14. The molecule has 15 heavy (non-hydrogen) atoms. The summed E-state index contributed by atoms with van der Waals surface area (Å²) in [5.74, 6) is 0.268. The molecule has 1 aromatic heterocycles.